The molecule has 0 bridgehead atoms. The van der Waals surface area contributed by atoms with Crippen LogP contribution in [0, 0.1) is 0 Å². The Balaban J connectivity index is 1.88. The Morgan fingerprint density at radius 1 is 1.15 bits per heavy atom. The molecule has 0 saturated carbocycles. The van der Waals surface area contributed by atoms with Gasteiger partial charge in [0.05, 0.1) is 7.11 Å². The summed E-state index contributed by atoms with van der Waals surface area (Å²) in [5.74, 6) is -1.03. The summed E-state index contributed by atoms with van der Waals surface area (Å²) in [7, 11) is 1.28. The van der Waals surface area contributed by atoms with Crippen LogP contribution in [0.4, 0.5) is 4.79 Å². The van der Waals surface area contributed by atoms with Crippen molar-refractivity contribution in [3.63, 3.8) is 0 Å². The first-order valence-corrected chi connectivity index (χ1v) is 7.83. The standard InChI is InChI=1S/C18H21NO7/c1-25-15-8-12(7-13(20)17(15)23)16(22)14(21)9-19-18(24)26-10-11-5-3-2-4-6-11/h2-8,14,16,20-23H,9-10H2,1H3,(H,19,24). The number of benzene rings is 2. The maximum absolute atomic E-state index is 11.7. The largest absolute Gasteiger partial charge is 0.504 e. The van der Waals surface area contributed by atoms with Crippen LogP contribution in [0.1, 0.15) is 17.2 Å². The molecule has 26 heavy (non-hydrogen) atoms. The van der Waals surface area contributed by atoms with Gasteiger partial charge in [0.15, 0.2) is 11.5 Å². The van der Waals surface area contributed by atoms with E-state index in [9.17, 15) is 25.2 Å². The third-order valence-electron chi connectivity index (χ3n) is 3.67. The number of phenolic OH excluding ortho intramolecular Hbond substituents is 2. The molecule has 2 aromatic rings. The number of hydrogen-bond acceptors (Lipinski definition) is 7. The molecule has 2 unspecified atom stereocenters. The lowest BCUT2D eigenvalue weighted by Crippen LogP contribution is -2.35. The van der Waals surface area contributed by atoms with E-state index >= 15 is 0 Å². The monoisotopic (exact) mass is 363 g/mol. The molecule has 1 amide bonds. The zero-order valence-corrected chi connectivity index (χ0v) is 14.1. The van der Waals surface area contributed by atoms with Crippen LogP contribution in [-0.4, -0.2) is 46.3 Å². The normalized spacial score (nSPS) is 12.9. The number of carbonyl (C=O) groups is 1. The predicted octanol–water partition coefficient (Wildman–Crippen LogP) is 1.43. The number of aliphatic hydroxyl groups excluding tert-OH is 2. The number of alkyl carbamates (subject to hydrolysis) is 1. The van der Waals surface area contributed by atoms with Gasteiger partial charge in [-0.25, -0.2) is 4.79 Å². The fourth-order valence-electron chi connectivity index (χ4n) is 2.24. The molecule has 8 heteroatoms. The van der Waals surface area contributed by atoms with Crippen LogP contribution in [0.25, 0.3) is 0 Å². The number of hydrogen-bond donors (Lipinski definition) is 5. The highest BCUT2D eigenvalue weighted by atomic mass is 16.5. The minimum absolute atomic E-state index is 0.0542. The van der Waals surface area contributed by atoms with Gasteiger partial charge in [-0.1, -0.05) is 30.3 Å². The number of aromatic hydroxyl groups is 2. The second-order valence-corrected chi connectivity index (χ2v) is 5.55. The molecule has 8 nitrogen and oxygen atoms in total. The highest BCUT2D eigenvalue weighted by molar-refractivity contribution is 5.67. The number of aliphatic hydroxyl groups is 2. The summed E-state index contributed by atoms with van der Waals surface area (Å²) in [6.07, 6.45) is -3.54. The van der Waals surface area contributed by atoms with E-state index in [-0.39, 0.29) is 24.5 Å². The van der Waals surface area contributed by atoms with E-state index in [1.54, 1.807) is 12.1 Å². The molecule has 2 atom stereocenters. The molecule has 0 radical (unpaired) electrons. The van der Waals surface area contributed by atoms with E-state index < -0.39 is 29.8 Å². The van der Waals surface area contributed by atoms with Crippen LogP contribution in [0.3, 0.4) is 0 Å². The van der Waals surface area contributed by atoms with Crippen molar-refractivity contribution in [3.05, 3.63) is 53.6 Å². The van der Waals surface area contributed by atoms with Crippen molar-refractivity contribution in [2.75, 3.05) is 13.7 Å². The highest BCUT2D eigenvalue weighted by Crippen LogP contribution is 2.38. The van der Waals surface area contributed by atoms with E-state index in [0.29, 0.717) is 0 Å². The van der Waals surface area contributed by atoms with E-state index in [2.05, 4.69) is 5.32 Å². The quantitative estimate of drug-likeness (QED) is 0.471. The third-order valence-corrected chi connectivity index (χ3v) is 3.67. The van der Waals surface area contributed by atoms with Crippen molar-refractivity contribution in [1.29, 1.82) is 0 Å². The number of ether oxygens (including phenoxy) is 2. The molecule has 0 fully saturated rings. The maximum Gasteiger partial charge on any atom is 0.407 e. The van der Waals surface area contributed by atoms with Crippen LogP contribution in [-0.2, 0) is 11.3 Å². The molecule has 2 rings (SSSR count). The fourth-order valence-corrected chi connectivity index (χ4v) is 2.24. The Bertz CT molecular complexity index is 736. The summed E-state index contributed by atoms with van der Waals surface area (Å²) in [5, 5.41) is 41.7. The van der Waals surface area contributed by atoms with Crippen LogP contribution in [0.15, 0.2) is 42.5 Å². The lowest BCUT2D eigenvalue weighted by Gasteiger charge is -2.19. The van der Waals surface area contributed by atoms with Crippen LogP contribution >= 0.6 is 0 Å². The van der Waals surface area contributed by atoms with Crippen molar-refractivity contribution >= 4 is 6.09 Å². The van der Waals surface area contributed by atoms with Gasteiger partial charge >= 0.3 is 6.09 Å². The Hall–Kier alpha value is -2.97. The molecular weight excluding hydrogens is 342 g/mol. The van der Waals surface area contributed by atoms with E-state index in [0.717, 1.165) is 11.6 Å². The lowest BCUT2D eigenvalue weighted by atomic mass is 10.0. The van der Waals surface area contributed by atoms with Crippen LogP contribution < -0.4 is 10.1 Å². The predicted molar refractivity (Wildman–Crippen MR) is 91.9 cm³/mol. The fraction of sp³-hybridized carbons (Fsp3) is 0.278. The summed E-state index contributed by atoms with van der Waals surface area (Å²) in [4.78, 5) is 11.7. The molecule has 0 aromatic heterocycles. The first-order chi connectivity index (χ1) is 12.4. The van der Waals surface area contributed by atoms with E-state index in [1.807, 2.05) is 18.2 Å². The van der Waals surface area contributed by atoms with Gasteiger partial charge in [0.1, 0.15) is 18.8 Å². The Kier molecular flexibility index (Phi) is 6.65. The topological polar surface area (TPSA) is 128 Å². The molecule has 140 valence electrons. The van der Waals surface area contributed by atoms with Gasteiger partial charge in [-0.05, 0) is 23.3 Å². The van der Waals surface area contributed by atoms with Gasteiger partial charge in [-0.2, -0.15) is 0 Å². The molecule has 0 aliphatic heterocycles. The number of carbonyl (C=O) groups excluding carboxylic acids is 1. The van der Waals surface area contributed by atoms with Gasteiger partial charge in [0, 0.05) is 6.54 Å². The van der Waals surface area contributed by atoms with Crippen molar-refractivity contribution in [2.45, 2.75) is 18.8 Å². The maximum atomic E-state index is 11.7. The molecule has 0 aliphatic carbocycles. The minimum atomic E-state index is -1.43. The lowest BCUT2D eigenvalue weighted by molar-refractivity contribution is 0.0181. The molecule has 2 aromatic carbocycles. The summed E-state index contributed by atoms with van der Waals surface area (Å²) >= 11 is 0. The highest BCUT2D eigenvalue weighted by Gasteiger charge is 2.22. The number of phenols is 2. The van der Waals surface area contributed by atoms with Gasteiger partial charge in [-0.15, -0.1) is 0 Å². The van der Waals surface area contributed by atoms with Gasteiger partial charge in [-0.3, -0.25) is 0 Å². The van der Waals surface area contributed by atoms with Crippen molar-refractivity contribution < 1.29 is 34.7 Å². The molecule has 0 aliphatic rings. The van der Waals surface area contributed by atoms with Gasteiger partial charge < -0.3 is 35.2 Å². The first kappa shape index (κ1) is 19.4. The van der Waals surface area contributed by atoms with Gasteiger partial charge in [0.25, 0.3) is 0 Å². The molecular formula is C18H21NO7. The minimum Gasteiger partial charge on any atom is -0.504 e. The van der Waals surface area contributed by atoms with Crippen molar-refractivity contribution in [3.8, 4) is 17.2 Å². The second kappa shape index (κ2) is 8.93. The molecule has 5 N–H and O–H groups in total. The Labute approximate surface area is 150 Å². The zero-order valence-electron chi connectivity index (χ0n) is 14.1. The van der Waals surface area contributed by atoms with Crippen LogP contribution in [0.2, 0.25) is 0 Å². The summed E-state index contributed by atoms with van der Waals surface area (Å²) < 4.78 is 9.88. The zero-order chi connectivity index (χ0) is 19.1. The number of methoxy groups -OCH3 is 1. The van der Waals surface area contributed by atoms with Crippen molar-refractivity contribution in [1.82, 2.24) is 5.32 Å². The summed E-state index contributed by atoms with van der Waals surface area (Å²) in [6, 6.07) is 11.5. The number of nitrogens with one attached hydrogen (secondary N) is 1. The Morgan fingerprint density at radius 2 is 1.85 bits per heavy atom. The summed E-state index contributed by atoms with van der Waals surface area (Å²) in [6.45, 7) is -0.201. The molecule has 0 saturated heterocycles. The summed E-state index contributed by atoms with van der Waals surface area (Å²) in [5.41, 5.74) is 0.930. The average molecular weight is 363 g/mol. The Morgan fingerprint density at radius 3 is 2.50 bits per heavy atom. The molecule has 0 heterocycles. The second-order valence-electron chi connectivity index (χ2n) is 5.55. The average Bonchev–Trinajstić information content (AvgIpc) is 2.66. The van der Waals surface area contributed by atoms with E-state index in [1.165, 1.54) is 13.2 Å². The third kappa shape index (κ3) is 5.01. The number of rotatable bonds is 7. The van der Waals surface area contributed by atoms with E-state index in [4.69, 9.17) is 9.47 Å². The SMILES string of the molecule is COc1cc(C(O)C(O)CNC(=O)OCc2ccccc2)cc(O)c1O. The smallest absolute Gasteiger partial charge is 0.407 e. The molecule has 0 spiro atoms. The van der Waals surface area contributed by atoms with Gasteiger partial charge in [0.2, 0.25) is 5.75 Å². The van der Waals surface area contributed by atoms with Crippen molar-refractivity contribution in [2.24, 2.45) is 0 Å². The first-order valence-electron chi connectivity index (χ1n) is 7.83. The number of amides is 1. The van der Waals surface area contributed by atoms with Crippen LogP contribution in [0.5, 0.6) is 17.2 Å².